The van der Waals surface area contributed by atoms with Crippen molar-refractivity contribution in [1.82, 2.24) is 0 Å². The van der Waals surface area contributed by atoms with Gasteiger partial charge in [0.15, 0.2) is 5.41 Å². The molecule has 0 unspecified atom stereocenters. The molecule has 5 nitrogen and oxygen atoms in total. The molecule has 110 valence electrons. The van der Waals surface area contributed by atoms with Gasteiger partial charge in [0.25, 0.3) is 5.69 Å². The van der Waals surface area contributed by atoms with Crippen LogP contribution in [0.2, 0.25) is 0 Å². The normalized spacial score (nSPS) is 20.5. The van der Waals surface area contributed by atoms with E-state index in [1.165, 1.54) is 12.1 Å². The molecule has 0 radical (unpaired) electrons. The molecule has 2 aliphatic rings. The number of nitro groups is 1. The molecule has 0 N–H and O–H groups in total. The van der Waals surface area contributed by atoms with Gasteiger partial charge in [-0.3, -0.25) is 10.1 Å². The Morgan fingerprint density at radius 1 is 1.09 bits per heavy atom. The Morgan fingerprint density at radius 2 is 1.78 bits per heavy atom. The Morgan fingerprint density at radius 3 is 2.39 bits per heavy atom. The van der Waals surface area contributed by atoms with Crippen molar-refractivity contribution in [2.45, 2.75) is 0 Å². The molecule has 23 heavy (non-hydrogen) atoms. The lowest BCUT2D eigenvalue weighted by Gasteiger charge is -2.23. The molecule has 0 fully saturated rings. The van der Waals surface area contributed by atoms with Crippen molar-refractivity contribution < 1.29 is 4.92 Å². The average molecular weight is 301 g/mol. The van der Waals surface area contributed by atoms with E-state index in [-0.39, 0.29) is 11.6 Å². The minimum absolute atomic E-state index is 0.0249. The topological polar surface area (TPSA) is 90.7 Å². The molecule has 0 bridgehead atoms. The first kappa shape index (κ1) is 14.5. The number of nitrogens with zero attached hydrogens (tertiary/aromatic N) is 3. The van der Waals surface area contributed by atoms with Crippen LogP contribution >= 0.6 is 0 Å². The van der Waals surface area contributed by atoms with Crippen molar-refractivity contribution in [1.29, 1.82) is 10.5 Å². The Balaban J connectivity index is 2.15. The van der Waals surface area contributed by atoms with Gasteiger partial charge in [-0.1, -0.05) is 36.5 Å². The van der Waals surface area contributed by atoms with Crippen molar-refractivity contribution in [2.24, 2.45) is 11.3 Å². The summed E-state index contributed by atoms with van der Waals surface area (Å²) in [5.74, 6) is -0.349. The molecule has 0 aliphatic heterocycles. The zero-order valence-corrected chi connectivity index (χ0v) is 12.0. The molecule has 3 rings (SSSR count). The van der Waals surface area contributed by atoms with Gasteiger partial charge in [0.05, 0.1) is 17.1 Å². The number of fused-ring (bicyclic) bond motifs is 1. The largest absolute Gasteiger partial charge is 0.269 e. The number of allylic oxidation sites excluding steroid dienone is 8. The van der Waals surface area contributed by atoms with E-state index in [1.54, 1.807) is 12.1 Å². The standard InChI is InChI=1S/C18H11N3O2/c19-11-18(12-20)16-5-3-1-2-4-14(16)10-17(18)13-6-8-15(9-7-13)21(22)23/h1-10,16H/t16-/m0/s1. The van der Waals surface area contributed by atoms with Crippen molar-refractivity contribution in [3.8, 4) is 12.1 Å². The molecule has 0 aromatic heterocycles. The smallest absolute Gasteiger partial charge is 0.258 e. The Bertz CT molecular complexity index is 860. The van der Waals surface area contributed by atoms with Gasteiger partial charge in [-0.25, -0.2) is 0 Å². The van der Waals surface area contributed by atoms with E-state index in [0.29, 0.717) is 11.1 Å². The average Bonchev–Trinajstić information content (AvgIpc) is 2.71. The number of nitro benzene ring substituents is 1. The molecule has 2 aliphatic carbocycles. The van der Waals surface area contributed by atoms with Crippen LogP contribution in [0.5, 0.6) is 0 Å². The van der Waals surface area contributed by atoms with Crippen LogP contribution in [0.4, 0.5) is 5.69 Å². The first-order valence-electron chi connectivity index (χ1n) is 6.97. The van der Waals surface area contributed by atoms with E-state index in [4.69, 9.17) is 0 Å². The molecule has 0 amide bonds. The number of benzene rings is 1. The van der Waals surface area contributed by atoms with E-state index in [9.17, 15) is 20.6 Å². The summed E-state index contributed by atoms with van der Waals surface area (Å²) in [6.07, 6.45) is 11.1. The van der Waals surface area contributed by atoms with Crippen LogP contribution in [-0.2, 0) is 0 Å². The number of rotatable bonds is 2. The van der Waals surface area contributed by atoms with Crippen LogP contribution in [0.25, 0.3) is 5.57 Å². The molecular weight excluding hydrogens is 290 g/mol. The third kappa shape index (κ3) is 2.16. The molecule has 5 heteroatoms. The highest BCUT2D eigenvalue weighted by atomic mass is 16.6. The lowest BCUT2D eigenvalue weighted by atomic mass is 9.73. The minimum Gasteiger partial charge on any atom is -0.258 e. The van der Waals surface area contributed by atoms with Gasteiger partial charge < -0.3 is 0 Å². The molecule has 1 aromatic carbocycles. The second kappa shape index (κ2) is 5.40. The van der Waals surface area contributed by atoms with Gasteiger partial charge in [-0.15, -0.1) is 0 Å². The molecule has 0 saturated heterocycles. The maximum atomic E-state index is 10.8. The molecule has 1 atom stereocenters. The van der Waals surface area contributed by atoms with Crippen molar-refractivity contribution in [2.75, 3.05) is 0 Å². The molecule has 1 aromatic rings. The number of hydrogen-bond donors (Lipinski definition) is 0. The van der Waals surface area contributed by atoms with E-state index >= 15 is 0 Å². The summed E-state index contributed by atoms with van der Waals surface area (Å²) >= 11 is 0. The van der Waals surface area contributed by atoms with Crippen molar-refractivity contribution in [3.05, 3.63) is 82.0 Å². The summed E-state index contributed by atoms with van der Waals surface area (Å²) in [5, 5.41) is 30.2. The number of non-ortho nitro benzene ring substituents is 1. The van der Waals surface area contributed by atoms with E-state index in [0.717, 1.165) is 5.57 Å². The summed E-state index contributed by atoms with van der Waals surface area (Å²) in [4.78, 5) is 10.3. The zero-order chi connectivity index (χ0) is 16.4. The fraction of sp³-hybridized carbons (Fsp3) is 0.111. The molecule has 0 spiro atoms. The molecular formula is C18H11N3O2. The molecule has 0 heterocycles. The van der Waals surface area contributed by atoms with Gasteiger partial charge in [0, 0.05) is 18.1 Å². The molecule has 0 saturated carbocycles. The van der Waals surface area contributed by atoms with Crippen LogP contribution in [-0.4, -0.2) is 4.92 Å². The van der Waals surface area contributed by atoms with E-state index in [2.05, 4.69) is 12.1 Å². The van der Waals surface area contributed by atoms with Crippen LogP contribution in [0, 0.1) is 44.1 Å². The maximum absolute atomic E-state index is 10.8. The van der Waals surface area contributed by atoms with E-state index < -0.39 is 10.3 Å². The lowest BCUT2D eigenvalue weighted by Crippen LogP contribution is -2.24. The minimum atomic E-state index is -1.33. The monoisotopic (exact) mass is 301 g/mol. The fourth-order valence-corrected chi connectivity index (χ4v) is 2.96. The van der Waals surface area contributed by atoms with Crippen molar-refractivity contribution >= 4 is 11.3 Å². The zero-order valence-electron chi connectivity index (χ0n) is 12.0. The lowest BCUT2D eigenvalue weighted by molar-refractivity contribution is -0.384. The first-order valence-corrected chi connectivity index (χ1v) is 6.97. The SMILES string of the molecule is N#CC1(C#N)C(c2ccc([N+](=O)[O-])cc2)=CC2=CC=CC=C[C@@H]21. The van der Waals surface area contributed by atoms with Crippen LogP contribution in [0.1, 0.15) is 5.56 Å². The summed E-state index contributed by atoms with van der Waals surface area (Å²) < 4.78 is 0. The Labute approximate surface area is 132 Å². The fourth-order valence-electron chi connectivity index (χ4n) is 2.96. The summed E-state index contributed by atoms with van der Waals surface area (Å²) in [6.45, 7) is 0. The van der Waals surface area contributed by atoms with Gasteiger partial charge in [-0.2, -0.15) is 10.5 Å². The summed E-state index contributed by atoms with van der Waals surface area (Å²) in [7, 11) is 0. The Hall–Kier alpha value is -3.44. The highest BCUT2D eigenvalue weighted by Crippen LogP contribution is 2.51. The summed E-state index contributed by atoms with van der Waals surface area (Å²) in [6, 6.07) is 10.2. The van der Waals surface area contributed by atoms with Gasteiger partial charge in [-0.05, 0) is 28.8 Å². The highest BCUT2D eigenvalue weighted by molar-refractivity contribution is 5.83. The second-order valence-electron chi connectivity index (χ2n) is 5.31. The third-order valence-corrected chi connectivity index (χ3v) is 4.12. The van der Waals surface area contributed by atoms with Gasteiger partial charge in [0.1, 0.15) is 0 Å². The highest BCUT2D eigenvalue weighted by Gasteiger charge is 2.48. The predicted octanol–water partition coefficient (Wildman–Crippen LogP) is 3.69. The van der Waals surface area contributed by atoms with Crippen molar-refractivity contribution in [3.63, 3.8) is 0 Å². The van der Waals surface area contributed by atoms with Crippen LogP contribution in [0.15, 0.2) is 66.3 Å². The summed E-state index contributed by atoms with van der Waals surface area (Å²) in [5.41, 5.74) is 0.748. The third-order valence-electron chi connectivity index (χ3n) is 4.12. The first-order chi connectivity index (χ1) is 11.1. The van der Waals surface area contributed by atoms with E-state index in [1.807, 2.05) is 36.5 Å². The predicted molar refractivity (Wildman–Crippen MR) is 84.6 cm³/mol. The number of hydrogen-bond acceptors (Lipinski definition) is 4. The van der Waals surface area contributed by atoms with Gasteiger partial charge >= 0.3 is 0 Å². The van der Waals surface area contributed by atoms with Crippen LogP contribution < -0.4 is 0 Å². The Kier molecular flexibility index (Phi) is 3.40. The van der Waals surface area contributed by atoms with Crippen LogP contribution in [0.3, 0.4) is 0 Å². The second-order valence-corrected chi connectivity index (χ2v) is 5.31. The number of nitriles is 2. The van der Waals surface area contributed by atoms with Gasteiger partial charge in [0.2, 0.25) is 0 Å². The maximum Gasteiger partial charge on any atom is 0.269 e. The quantitative estimate of drug-likeness (QED) is 0.615.